The number of rotatable bonds is 1. The average molecular weight is 340 g/mol. The first kappa shape index (κ1) is 11.7. The fraction of sp³-hybridized carbons (Fsp3) is 0. The maximum Gasteiger partial charge on any atom is -0.0638 e. The van der Waals surface area contributed by atoms with E-state index in [1.54, 1.807) is 0 Å². The molecule has 0 unspecified atom stereocenters. The summed E-state index contributed by atoms with van der Waals surface area (Å²) in [7, 11) is 0. The van der Waals surface area contributed by atoms with E-state index in [0.29, 0.717) is 0 Å². The fourth-order valence-electron chi connectivity index (χ4n) is 1.19. The topological polar surface area (TPSA) is 0 Å². The van der Waals surface area contributed by atoms with Gasteiger partial charge in [0, 0.05) is 0 Å². The Bertz CT molecular complexity index is 308. The Morgan fingerprint density at radius 2 is 1.50 bits per heavy atom. The van der Waals surface area contributed by atoms with Crippen LogP contribution in [0.1, 0.15) is 0 Å². The Kier molecular flexibility index (Phi) is 5.79. The minimum Gasteiger partial charge on any atom is -0.147 e. The fourth-order valence-corrected chi connectivity index (χ4v) is 1.19. The van der Waals surface area contributed by atoms with Crippen molar-refractivity contribution in [3.8, 4) is 11.1 Å². The summed E-state index contributed by atoms with van der Waals surface area (Å²) in [6.45, 7) is 0. The van der Waals surface area contributed by atoms with Crippen molar-refractivity contribution in [2.75, 3.05) is 0 Å². The maximum absolute atomic E-state index is 3.18. The number of benzene rings is 2. The minimum absolute atomic E-state index is 1.15. The van der Waals surface area contributed by atoms with Crippen LogP contribution < -0.4 is 0 Å². The number of halogens is 1. The van der Waals surface area contributed by atoms with Crippen molar-refractivity contribution in [2.45, 2.75) is 0 Å². The van der Waals surface area contributed by atoms with Gasteiger partial charge in [-0.1, -0.05) is 35.9 Å². The van der Waals surface area contributed by atoms with Crippen LogP contribution in [0.15, 0.2) is 54.6 Å². The quantitative estimate of drug-likeness (QED) is 0.544. The van der Waals surface area contributed by atoms with Gasteiger partial charge in [0.05, 0.1) is 0 Å². The van der Waals surface area contributed by atoms with Crippen molar-refractivity contribution in [2.24, 2.45) is 0 Å². The molecule has 0 bridgehead atoms. The molecule has 74 valence electrons. The van der Waals surface area contributed by atoms with Gasteiger partial charge in [-0.2, -0.15) is 0 Å². The van der Waals surface area contributed by atoms with Crippen LogP contribution in [0.3, 0.4) is 0 Å². The molecule has 2 rings (SSSR count). The zero-order valence-corrected chi connectivity index (χ0v) is 10.5. The molecular weight excluding hydrogens is 330 g/mol. The molecule has 0 amide bonds. The third kappa shape index (κ3) is 3.38. The molecule has 0 fully saturated rings. The van der Waals surface area contributed by atoms with Crippen molar-refractivity contribution in [1.82, 2.24) is 0 Å². The molecule has 0 nitrogen and oxygen atoms in total. The third-order valence-corrected chi connectivity index (χ3v) is 1.79. The normalized spacial score (nSPS) is 8.79. The second-order valence-electron chi connectivity index (χ2n) is 2.64. The van der Waals surface area contributed by atoms with E-state index in [1.807, 2.05) is 36.4 Å². The van der Waals surface area contributed by atoms with Crippen LogP contribution in [-0.2, 0) is 17.2 Å². The van der Waals surface area contributed by atoms with E-state index in [0.717, 1.165) is 5.56 Å². The molecule has 14 heavy (non-hydrogen) atoms. The molecule has 0 aliphatic carbocycles. The summed E-state index contributed by atoms with van der Waals surface area (Å²) in [6.07, 6.45) is 0. The molecule has 0 atom stereocenters. The summed E-state index contributed by atoms with van der Waals surface area (Å²) in [5.74, 6) is 0. The van der Waals surface area contributed by atoms with Gasteiger partial charge in [-0.25, -0.2) is 0 Å². The average Bonchev–Trinajstić information content (AvgIpc) is 2.34. The van der Waals surface area contributed by atoms with Crippen LogP contribution in [-0.4, -0.2) is 0 Å². The van der Waals surface area contributed by atoms with Crippen LogP contribution in [0.25, 0.3) is 11.1 Å². The smallest absolute Gasteiger partial charge is 0.0638 e. The van der Waals surface area contributed by atoms with E-state index in [2.05, 4.69) is 54.9 Å². The first-order valence-electron chi connectivity index (χ1n) is 4.11. The summed E-state index contributed by atoms with van der Waals surface area (Å²) in [5, 5.41) is 0. The molecule has 2 heteroatoms. The molecule has 0 aliphatic heterocycles. The monoisotopic (exact) mass is 338 g/mol. The van der Waals surface area contributed by atoms with Gasteiger partial charge in [-0.05, 0) is 0 Å². The van der Waals surface area contributed by atoms with Crippen molar-refractivity contribution in [3.63, 3.8) is 0 Å². The predicted molar refractivity (Wildman–Crippen MR) is 59.6 cm³/mol. The number of hydrogen-bond acceptors (Lipinski definition) is 0. The van der Waals surface area contributed by atoms with Crippen LogP contribution in [0.2, 0.25) is 0 Å². The van der Waals surface area contributed by atoms with Crippen LogP contribution in [0.4, 0.5) is 0 Å². The molecular formula is C12H9BrPd. The van der Waals surface area contributed by atoms with Gasteiger partial charge in [-0.15, -0.1) is 35.9 Å². The van der Waals surface area contributed by atoms with Crippen LogP contribution in [0, 0.1) is 6.07 Å². The van der Waals surface area contributed by atoms with Crippen molar-refractivity contribution in [3.05, 3.63) is 60.7 Å². The molecule has 0 heterocycles. The summed E-state index contributed by atoms with van der Waals surface area (Å²) in [5.41, 5.74) is 2.37. The summed E-state index contributed by atoms with van der Waals surface area (Å²) >= 11 is 5.35. The SMILES string of the molecule is [Br][Pd+].[c-]1ccccc1-c1ccccc1. The molecule has 0 aliphatic rings. The van der Waals surface area contributed by atoms with Gasteiger partial charge in [0.1, 0.15) is 0 Å². The Morgan fingerprint density at radius 1 is 0.857 bits per heavy atom. The molecule has 2 aromatic rings. The van der Waals surface area contributed by atoms with E-state index >= 15 is 0 Å². The zero-order valence-electron chi connectivity index (χ0n) is 7.39. The van der Waals surface area contributed by atoms with Crippen molar-refractivity contribution >= 4 is 13.4 Å². The summed E-state index contributed by atoms with van der Waals surface area (Å²) < 4.78 is 0. The Hall–Kier alpha value is -0.418. The van der Waals surface area contributed by atoms with E-state index in [4.69, 9.17) is 0 Å². The van der Waals surface area contributed by atoms with Gasteiger partial charge in [0.2, 0.25) is 0 Å². The molecule has 0 spiro atoms. The molecule has 0 N–H and O–H groups in total. The van der Waals surface area contributed by atoms with E-state index in [9.17, 15) is 0 Å². The van der Waals surface area contributed by atoms with Gasteiger partial charge in [0.25, 0.3) is 0 Å². The predicted octanol–water partition coefficient (Wildman–Crippen LogP) is 4.00. The first-order valence-corrected chi connectivity index (χ1v) is 7.66. The standard InChI is InChI=1S/C12H9.BrH.Pd/c1-3-7-11(8-4-1)12-9-5-2-6-10-12;;/h1-9H;1H;/q-1;;+2/p-1. The van der Waals surface area contributed by atoms with Crippen LogP contribution >= 0.6 is 13.4 Å². The minimum atomic E-state index is 1.15. The van der Waals surface area contributed by atoms with E-state index < -0.39 is 0 Å². The largest absolute Gasteiger partial charge is 0.147 e. The van der Waals surface area contributed by atoms with Crippen LogP contribution in [0.5, 0.6) is 0 Å². The molecule has 0 aromatic heterocycles. The summed E-state index contributed by atoms with van der Waals surface area (Å²) in [6, 6.07) is 21.5. The van der Waals surface area contributed by atoms with E-state index in [1.165, 1.54) is 5.56 Å². The van der Waals surface area contributed by atoms with Crippen molar-refractivity contribution < 1.29 is 17.2 Å². The Labute approximate surface area is 102 Å². The molecule has 0 saturated carbocycles. The molecule has 0 saturated heterocycles. The molecule has 2 aromatic carbocycles. The Morgan fingerprint density at radius 3 is 2.07 bits per heavy atom. The number of hydrogen-bond donors (Lipinski definition) is 0. The first-order chi connectivity index (χ1) is 6.97. The Balaban J connectivity index is 0.000000461. The van der Waals surface area contributed by atoms with Gasteiger partial charge < -0.3 is 0 Å². The summed E-state index contributed by atoms with van der Waals surface area (Å²) in [4.78, 5) is 0. The van der Waals surface area contributed by atoms with Gasteiger partial charge >= 0.3 is 30.6 Å². The second-order valence-corrected chi connectivity index (χ2v) is 2.64. The van der Waals surface area contributed by atoms with Gasteiger partial charge in [0.15, 0.2) is 0 Å². The third-order valence-electron chi connectivity index (χ3n) is 1.79. The van der Waals surface area contributed by atoms with Crippen molar-refractivity contribution in [1.29, 1.82) is 0 Å². The zero-order chi connectivity index (χ0) is 10.2. The maximum atomic E-state index is 3.18. The molecule has 0 radical (unpaired) electrons. The second kappa shape index (κ2) is 6.95. The van der Waals surface area contributed by atoms with E-state index in [-0.39, 0.29) is 0 Å². The van der Waals surface area contributed by atoms with Gasteiger partial charge in [-0.3, -0.25) is 0 Å².